The summed E-state index contributed by atoms with van der Waals surface area (Å²) in [6.07, 6.45) is 9.50. The Morgan fingerprint density at radius 1 is 1.25 bits per heavy atom. The van der Waals surface area contributed by atoms with Gasteiger partial charge < -0.3 is 5.32 Å². The average Bonchev–Trinajstić information content (AvgIpc) is 2.58. The van der Waals surface area contributed by atoms with Crippen molar-refractivity contribution in [2.24, 2.45) is 11.8 Å². The van der Waals surface area contributed by atoms with Gasteiger partial charge in [0.25, 0.3) is 0 Å². The smallest absolute Gasteiger partial charge is 0.137 e. The highest BCUT2D eigenvalue weighted by atomic mass is 16.1. The van der Waals surface area contributed by atoms with Gasteiger partial charge in [-0.2, -0.15) is 0 Å². The van der Waals surface area contributed by atoms with Gasteiger partial charge in [-0.15, -0.1) is 0 Å². The number of nitrogens with one attached hydrogen (secondary N) is 1. The van der Waals surface area contributed by atoms with Crippen LogP contribution in [0, 0.1) is 11.8 Å². The fourth-order valence-electron chi connectivity index (χ4n) is 3.30. The van der Waals surface area contributed by atoms with E-state index in [1.807, 2.05) is 0 Å². The summed E-state index contributed by atoms with van der Waals surface area (Å²) in [6, 6.07) is 0.490. The monoisotopic (exact) mass is 223 g/mol. The molecular weight excluding hydrogens is 198 g/mol. The van der Waals surface area contributed by atoms with Gasteiger partial charge in [0.1, 0.15) is 5.78 Å². The molecule has 1 heterocycles. The van der Waals surface area contributed by atoms with Gasteiger partial charge in [-0.3, -0.25) is 4.79 Å². The van der Waals surface area contributed by atoms with Crippen molar-refractivity contribution in [3.05, 3.63) is 0 Å². The predicted octanol–water partition coefficient (Wildman–Crippen LogP) is 2.91. The molecule has 0 aromatic rings. The Morgan fingerprint density at radius 3 is 2.94 bits per heavy atom. The van der Waals surface area contributed by atoms with Crippen LogP contribution >= 0.6 is 0 Å². The molecule has 0 radical (unpaired) electrons. The third-order valence-corrected chi connectivity index (χ3v) is 4.46. The molecule has 0 aromatic heterocycles. The molecule has 0 spiro atoms. The van der Waals surface area contributed by atoms with Crippen LogP contribution in [0.2, 0.25) is 0 Å². The molecule has 2 aliphatic rings. The molecule has 2 heteroatoms. The first-order valence-corrected chi connectivity index (χ1v) is 7.07. The second-order valence-corrected chi connectivity index (χ2v) is 5.53. The zero-order chi connectivity index (χ0) is 11.4. The van der Waals surface area contributed by atoms with Crippen LogP contribution in [0.1, 0.15) is 58.3 Å². The van der Waals surface area contributed by atoms with Crippen LogP contribution in [0.5, 0.6) is 0 Å². The molecule has 1 N–H and O–H groups in total. The fraction of sp³-hybridized carbons (Fsp3) is 0.929. The summed E-state index contributed by atoms with van der Waals surface area (Å²) >= 11 is 0. The van der Waals surface area contributed by atoms with Crippen molar-refractivity contribution in [1.82, 2.24) is 5.32 Å². The third kappa shape index (κ3) is 2.85. The SMILES string of the molecule is CCC1CCC(=O)C(C2CCCCCN2)C1. The van der Waals surface area contributed by atoms with Gasteiger partial charge in [0.2, 0.25) is 0 Å². The summed E-state index contributed by atoms with van der Waals surface area (Å²) in [5.41, 5.74) is 0. The summed E-state index contributed by atoms with van der Waals surface area (Å²) in [5, 5.41) is 3.61. The molecule has 0 amide bonds. The molecule has 2 nitrogen and oxygen atoms in total. The molecular formula is C14H25NO. The molecule has 2 rings (SSSR count). The highest BCUT2D eigenvalue weighted by Crippen LogP contribution is 2.32. The first-order valence-electron chi connectivity index (χ1n) is 7.07. The molecule has 92 valence electrons. The average molecular weight is 223 g/mol. The minimum Gasteiger partial charge on any atom is -0.313 e. The van der Waals surface area contributed by atoms with Crippen LogP contribution < -0.4 is 5.32 Å². The maximum absolute atomic E-state index is 12.0. The number of carbonyl (C=O) groups is 1. The Hall–Kier alpha value is -0.370. The zero-order valence-electron chi connectivity index (χ0n) is 10.5. The summed E-state index contributed by atoms with van der Waals surface area (Å²) in [7, 11) is 0. The highest BCUT2D eigenvalue weighted by Gasteiger charge is 2.33. The molecule has 2 fully saturated rings. The number of Topliss-reactive ketones (excluding diaryl/α,β-unsaturated/α-hetero) is 1. The van der Waals surface area contributed by atoms with Crippen molar-refractivity contribution in [2.45, 2.75) is 64.3 Å². The number of hydrogen-bond donors (Lipinski definition) is 1. The van der Waals surface area contributed by atoms with Crippen molar-refractivity contribution in [3.8, 4) is 0 Å². The van der Waals surface area contributed by atoms with Crippen LogP contribution in [0.15, 0.2) is 0 Å². The van der Waals surface area contributed by atoms with Gasteiger partial charge >= 0.3 is 0 Å². The largest absolute Gasteiger partial charge is 0.313 e. The van der Waals surface area contributed by atoms with Gasteiger partial charge in [0.05, 0.1) is 0 Å². The Balaban J connectivity index is 1.96. The Labute approximate surface area is 99.2 Å². The molecule has 0 bridgehead atoms. The molecule has 1 aliphatic heterocycles. The Bertz CT molecular complexity index is 231. The molecule has 0 aromatic carbocycles. The van der Waals surface area contributed by atoms with E-state index < -0.39 is 0 Å². The van der Waals surface area contributed by atoms with E-state index in [9.17, 15) is 4.79 Å². The first-order chi connectivity index (χ1) is 7.81. The van der Waals surface area contributed by atoms with Gasteiger partial charge in [-0.05, 0) is 38.1 Å². The second kappa shape index (κ2) is 5.81. The summed E-state index contributed by atoms with van der Waals surface area (Å²) in [5.74, 6) is 1.66. The van der Waals surface area contributed by atoms with Crippen molar-refractivity contribution in [1.29, 1.82) is 0 Å². The highest BCUT2D eigenvalue weighted by molar-refractivity contribution is 5.82. The van der Waals surface area contributed by atoms with E-state index in [2.05, 4.69) is 12.2 Å². The van der Waals surface area contributed by atoms with Crippen molar-refractivity contribution >= 4 is 5.78 Å². The zero-order valence-corrected chi connectivity index (χ0v) is 10.5. The van der Waals surface area contributed by atoms with E-state index in [1.54, 1.807) is 0 Å². The topological polar surface area (TPSA) is 29.1 Å². The maximum Gasteiger partial charge on any atom is 0.137 e. The fourth-order valence-corrected chi connectivity index (χ4v) is 3.30. The predicted molar refractivity (Wildman–Crippen MR) is 66.4 cm³/mol. The lowest BCUT2D eigenvalue weighted by atomic mass is 9.75. The van der Waals surface area contributed by atoms with Gasteiger partial charge in [0, 0.05) is 18.4 Å². The maximum atomic E-state index is 12.0. The van der Waals surface area contributed by atoms with E-state index in [0.29, 0.717) is 17.7 Å². The van der Waals surface area contributed by atoms with E-state index in [-0.39, 0.29) is 0 Å². The third-order valence-electron chi connectivity index (χ3n) is 4.46. The molecule has 1 aliphatic carbocycles. The minimum atomic E-state index is 0.330. The van der Waals surface area contributed by atoms with Crippen LogP contribution in [0.25, 0.3) is 0 Å². The number of carbonyl (C=O) groups excluding carboxylic acids is 1. The van der Waals surface area contributed by atoms with E-state index in [4.69, 9.17) is 0 Å². The Kier molecular flexibility index (Phi) is 4.39. The summed E-state index contributed by atoms with van der Waals surface area (Å²) in [6.45, 7) is 3.38. The summed E-state index contributed by atoms with van der Waals surface area (Å²) < 4.78 is 0. The van der Waals surface area contributed by atoms with Crippen molar-refractivity contribution in [3.63, 3.8) is 0 Å². The van der Waals surface area contributed by atoms with Crippen LogP contribution in [-0.4, -0.2) is 18.4 Å². The number of ketones is 1. The lowest BCUT2D eigenvalue weighted by molar-refractivity contribution is -0.126. The van der Waals surface area contributed by atoms with Crippen molar-refractivity contribution < 1.29 is 4.79 Å². The van der Waals surface area contributed by atoms with Gasteiger partial charge in [-0.25, -0.2) is 0 Å². The molecule has 1 saturated heterocycles. The van der Waals surface area contributed by atoms with Gasteiger partial charge in [0.15, 0.2) is 0 Å². The molecule has 16 heavy (non-hydrogen) atoms. The van der Waals surface area contributed by atoms with Crippen LogP contribution in [0.4, 0.5) is 0 Å². The van der Waals surface area contributed by atoms with Crippen LogP contribution in [-0.2, 0) is 4.79 Å². The second-order valence-electron chi connectivity index (χ2n) is 5.53. The summed E-state index contributed by atoms with van der Waals surface area (Å²) in [4.78, 5) is 12.0. The van der Waals surface area contributed by atoms with Crippen LogP contribution in [0.3, 0.4) is 0 Å². The minimum absolute atomic E-state index is 0.330. The van der Waals surface area contributed by atoms with E-state index in [0.717, 1.165) is 31.7 Å². The number of rotatable bonds is 2. The quantitative estimate of drug-likeness (QED) is 0.780. The number of hydrogen-bond acceptors (Lipinski definition) is 2. The lowest BCUT2D eigenvalue weighted by Crippen LogP contribution is -2.42. The van der Waals surface area contributed by atoms with Crippen molar-refractivity contribution in [2.75, 3.05) is 6.54 Å². The molecule has 3 unspecified atom stereocenters. The molecule has 1 saturated carbocycles. The van der Waals surface area contributed by atoms with Gasteiger partial charge in [-0.1, -0.05) is 26.2 Å². The first kappa shape index (κ1) is 12.1. The molecule has 3 atom stereocenters. The lowest BCUT2D eigenvalue weighted by Gasteiger charge is -2.33. The van der Waals surface area contributed by atoms with E-state index >= 15 is 0 Å². The standard InChI is InChI=1S/C14H25NO/c1-2-11-7-8-14(16)12(10-11)13-6-4-3-5-9-15-13/h11-13,15H,2-10H2,1H3. The van der Waals surface area contributed by atoms with E-state index in [1.165, 1.54) is 32.1 Å². The Morgan fingerprint density at radius 2 is 2.12 bits per heavy atom. The normalized spacial score (nSPS) is 37.1.